The fraction of sp³-hybridized carbons (Fsp3) is 0.135. The van der Waals surface area contributed by atoms with Crippen LogP contribution in [-0.2, 0) is 76.3 Å². The summed E-state index contributed by atoms with van der Waals surface area (Å²) in [7, 11) is -8.52. The van der Waals surface area contributed by atoms with E-state index >= 15 is 0 Å². The van der Waals surface area contributed by atoms with Crippen molar-refractivity contribution in [3.63, 3.8) is 0 Å². The van der Waals surface area contributed by atoms with Gasteiger partial charge in [-0.05, 0) is 281 Å². The van der Waals surface area contributed by atoms with E-state index in [1.54, 1.807) is 138 Å². The van der Waals surface area contributed by atoms with Gasteiger partial charge < -0.3 is 31.2 Å². The predicted octanol–water partition coefficient (Wildman–Crippen LogP) is 17.0. The zero-order valence-corrected chi connectivity index (χ0v) is 73.6. The van der Waals surface area contributed by atoms with E-state index in [4.69, 9.17) is 11.5 Å². The minimum atomic E-state index is -4.34. The van der Waals surface area contributed by atoms with E-state index in [1.807, 2.05) is 194 Å². The summed E-state index contributed by atoms with van der Waals surface area (Å²) < 4.78 is 62.5. The normalized spacial score (nSPS) is 11.1. The van der Waals surface area contributed by atoms with E-state index in [0.717, 1.165) is 67.6 Å². The number of nitrogen functional groups attached to an aromatic ring is 2. The molecular weight excluding hydrogens is 1610 g/mol. The van der Waals surface area contributed by atoms with Gasteiger partial charge in [-0.15, -0.1) is 0 Å². The number of nitrogens with one attached hydrogen (secondary N) is 2. The molecule has 12 aromatic carbocycles. The molecule has 0 saturated carbocycles. The molecule has 0 unspecified atom stereocenters. The number of ketones is 5. The molecule has 0 bridgehead atoms. The van der Waals surface area contributed by atoms with Crippen LogP contribution >= 0.6 is 0 Å². The van der Waals surface area contributed by atoms with Crippen LogP contribution in [0.4, 0.5) is 102 Å². The molecular formula is C89H84N18Na2O11S2. The number of para-hydroxylation sites is 1. The minimum Gasteiger partial charge on any atom is -0.747 e. The molecule has 29 nitrogen and oxygen atoms in total. The maximum absolute atomic E-state index is 11.1. The van der Waals surface area contributed by atoms with Crippen LogP contribution in [0.2, 0.25) is 0 Å². The number of rotatable bonds is 30. The number of carbonyl (C=O) groups is 5. The number of hydrogen-bond donors (Lipinski definition) is 4. The third kappa shape index (κ3) is 40.8. The van der Waals surface area contributed by atoms with Crippen molar-refractivity contribution in [3.05, 3.63) is 325 Å². The van der Waals surface area contributed by atoms with Crippen molar-refractivity contribution in [2.75, 3.05) is 33.9 Å². The maximum atomic E-state index is 11.1. The maximum Gasteiger partial charge on any atom is 1.00 e. The van der Waals surface area contributed by atoms with E-state index in [2.05, 4.69) is 82.2 Å². The number of nitrogens with two attached hydrogens (primary N) is 2. The van der Waals surface area contributed by atoms with Gasteiger partial charge in [0.2, 0.25) is 0 Å². The van der Waals surface area contributed by atoms with Gasteiger partial charge in [0.1, 0.15) is 60.9 Å². The van der Waals surface area contributed by atoms with Crippen molar-refractivity contribution in [1.82, 2.24) is 0 Å². The Morgan fingerprint density at radius 2 is 0.377 bits per heavy atom. The number of benzene rings is 12. The zero-order valence-electron chi connectivity index (χ0n) is 68.0. The Hall–Kier alpha value is -12.8. The van der Waals surface area contributed by atoms with Gasteiger partial charge >= 0.3 is 59.1 Å². The number of Topliss-reactive ketones (excluding diaryl/α,β-unsaturated/α-hetero) is 5. The van der Waals surface area contributed by atoms with Crippen molar-refractivity contribution in [2.45, 2.75) is 66.7 Å². The molecule has 0 radical (unpaired) electrons. The van der Waals surface area contributed by atoms with Crippen LogP contribution in [0.15, 0.2) is 369 Å². The van der Waals surface area contributed by atoms with Crippen LogP contribution in [-0.4, -0.2) is 66.6 Å². The first-order valence-corrected chi connectivity index (χ1v) is 40.0. The predicted molar refractivity (Wildman–Crippen MR) is 464 cm³/mol. The first-order valence-electron chi connectivity index (χ1n) is 36.9. The Kier molecular flexibility index (Phi) is 41.5. The molecule has 0 aliphatic rings. The quantitative estimate of drug-likeness (QED) is 0.0141. The SMILES string of the molecule is CC(=O)Cc1ccc(N=Nc2ccc(N)cc2)cc1.CC(=O)Cc1ccc(N=Nc2ccc(N=Nc3ccc(CC(C)=O)cc3)cc2)cc1.CC(=O)Cc1ccc(N=Nc2ccc(N=Nc3ccc(N)cc3)cc2)cc1.CC(=O)Cc1ccc(N=Nc2ccc(N=Nc3ccc(NCS(=O)(=O)[O-])cc3)cc2)cc1.O=S(=O)([O-])CNc1ccccc1.[Na+].[Na+]. The molecule has 33 heteroatoms. The van der Waals surface area contributed by atoms with Crippen molar-refractivity contribution in [3.8, 4) is 0 Å². The van der Waals surface area contributed by atoms with Crippen molar-refractivity contribution in [2.24, 2.45) is 71.6 Å². The number of carbonyl (C=O) groups excluding carboxylic acids is 5. The summed E-state index contributed by atoms with van der Waals surface area (Å²) in [5.41, 5.74) is 28.4. The molecule has 6 N–H and O–H groups in total. The van der Waals surface area contributed by atoms with Gasteiger partial charge in [0.25, 0.3) is 0 Å². The average Bonchev–Trinajstić information content (AvgIpc) is 1.21. The molecule has 0 spiro atoms. The van der Waals surface area contributed by atoms with Gasteiger partial charge in [0.15, 0.2) is 0 Å². The molecule has 0 aliphatic carbocycles. The summed E-state index contributed by atoms with van der Waals surface area (Å²) >= 11 is 0. The fourth-order valence-corrected chi connectivity index (χ4v) is 10.7. The van der Waals surface area contributed by atoms with Crippen LogP contribution in [0.1, 0.15) is 62.4 Å². The number of hydrogen-bond acceptors (Lipinski definition) is 29. The monoisotopic (exact) mass is 1690 g/mol. The van der Waals surface area contributed by atoms with Crippen LogP contribution in [0.3, 0.4) is 0 Å². The van der Waals surface area contributed by atoms with Crippen LogP contribution in [0.5, 0.6) is 0 Å². The number of anilines is 4. The van der Waals surface area contributed by atoms with Crippen LogP contribution in [0.25, 0.3) is 0 Å². The molecule has 0 atom stereocenters. The smallest absolute Gasteiger partial charge is 0.747 e. The van der Waals surface area contributed by atoms with Crippen molar-refractivity contribution < 1.29 is 109 Å². The summed E-state index contributed by atoms with van der Waals surface area (Å²) in [5.74, 6) is -0.591. The molecule has 0 fully saturated rings. The topological polar surface area (TPSA) is 449 Å². The van der Waals surface area contributed by atoms with Gasteiger partial charge in [-0.1, -0.05) is 78.9 Å². The van der Waals surface area contributed by atoms with Crippen molar-refractivity contribution in [1.29, 1.82) is 0 Å². The summed E-state index contributed by atoms with van der Waals surface area (Å²) in [6, 6.07) is 88.3. The van der Waals surface area contributed by atoms with Crippen LogP contribution < -0.4 is 81.2 Å². The molecule has 122 heavy (non-hydrogen) atoms. The van der Waals surface area contributed by atoms with Gasteiger partial charge in [0, 0.05) is 54.9 Å². The standard InChI is InChI=1S/C24H22N4O2.C22H21N5O4S.C21H19N5O.C15H15N3O.C7H9NO3S.2Na/c1-17(29)15-19-3-7-21(8-4-19)25-27-23-11-13-24(14-12-23)28-26-22-9-5-20(6-10-22)16-18(2)30;1-16(28)14-17-2-4-19(5-3-17)24-26-21-10-12-22(13-11-21)27-25-20-8-6-18(7-9-20)23-15-32(29,30)31;1-15(27)14-16-2-6-18(7-3-16)23-25-20-10-12-21(13-11-20)26-24-19-8-4-17(22)5-9-19;1-11(19)10-12-2-6-14(7-3-12)17-18-15-8-4-13(16)5-9-15;9-12(10,11)6-8-7-4-2-1-3-5-7;;/h3-14H,15-16H2,1-2H3;2-13,23H,14-15H2,1H3,(H,29,30,31);2-13H,14,22H2,1H3;2-9H,10,16H2,1H3;1-5,8H,6H2,(H,9,10,11);;/q;;;;;2*+1/p-2. The fourth-order valence-electron chi connectivity index (χ4n) is 10.0. The summed E-state index contributed by atoms with van der Waals surface area (Å²) in [6.07, 6.45) is 2.14. The molecule has 0 aromatic heterocycles. The molecule has 0 heterocycles. The first kappa shape index (κ1) is 98.0. The Morgan fingerprint density at radius 1 is 0.238 bits per heavy atom. The third-order valence-electron chi connectivity index (χ3n) is 15.8. The second kappa shape index (κ2) is 51.6. The Labute approximate surface area is 751 Å². The average molecular weight is 1690 g/mol. The second-order valence-corrected chi connectivity index (χ2v) is 29.3. The van der Waals surface area contributed by atoms with Gasteiger partial charge in [-0.2, -0.15) is 71.6 Å². The van der Waals surface area contributed by atoms with E-state index in [-0.39, 0.29) is 88.0 Å². The minimum absolute atomic E-state index is 0. The van der Waals surface area contributed by atoms with E-state index in [1.165, 1.54) is 0 Å². The summed E-state index contributed by atoms with van der Waals surface area (Å²) in [6.45, 7) is 7.85. The van der Waals surface area contributed by atoms with E-state index in [9.17, 15) is 49.9 Å². The second-order valence-electron chi connectivity index (χ2n) is 26.5. The van der Waals surface area contributed by atoms with E-state index in [0.29, 0.717) is 94.7 Å². The zero-order chi connectivity index (χ0) is 86.1. The van der Waals surface area contributed by atoms with Gasteiger partial charge in [-0.25, -0.2) is 16.8 Å². The number of azo groups is 7. The molecule has 0 saturated heterocycles. The summed E-state index contributed by atoms with van der Waals surface area (Å²) in [4.78, 5) is 55.5. The Balaban J connectivity index is 0.000000242. The first-order chi connectivity index (χ1) is 57.5. The Bertz CT molecular complexity index is 5720. The largest absolute Gasteiger partial charge is 1.00 e. The molecule has 610 valence electrons. The van der Waals surface area contributed by atoms with E-state index < -0.39 is 32.0 Å². The van der Waals surface area contributed by atoms with Gasteiger partial charge in [-0.3, -0.25) is 24.0 Å². The molecule has 0 amide bonds. The molecule has 12 aromatic rings. The number of nitrogens with zero attached hydrogens (tertiary/aromatic N) is 14. The molecule has 12 rings (SSSR count). The van der Waals surface area contributed by atoms with Crippen molar-refractivity contribution >= 4 is 152 Å². The molecule has 0 aliphatic heterocycles. The summed E-state index contributed by atoms with van der Waals surface area (Å²) in [5, 5.41) is 63.5. The third-order valence-corrected chi connectivity index (χ3v) is 16.8. The van der Waals surface area contributed by atoms with Gasteiger partial charge in [0.05, 0.1) is 79.6 Å². The Morgan fingerprint density at radius 3 is 0.533 bits per heavy atom. The van der Waals surface area contributed by atoms with Crippen LogP contribution in [0, 0.1) is 0 Å².